The molecule has 1 aliphatic carbocycles. The highest BCUT2D eigenvalue weighted by molar-refractivity contribution is 5.37. The van der Waals surface area contributed by atoms with Crippen LogP contribution in [0.2, 0.25) is 0 Å². The van der Waals surface area contributed by atoms with Crippen LogP contribution in [0.4, 0.5) is 17.6 Å². The zero-order chi connectivity index (χ0) is 16.6. The van der Waals surface area contributed by atoms with Crippen LogP contribution >= 0.6 is 0 Å². The van der Waals surface area contributed by atoms with E-state index in [4.69, 9.17) is 5.73 Å². The number of fused-ring (bicyclic) bond motifs is 1. The summed E-state index contributed by atoms with van der Waals surface area (Å²) >= 11 is 0. The number of hydrogen-bond donors (Lipinski definition) is 1. The third-order valence-corrected chi connectivity index (χ3v) is 4.48. The molecular formula is C18H17F4N. The summed E-state index contributed by atoms with van der Waals surface area (Å²) in [6.07, 6.45) is -2.52. The van der Waals surface area contributed by atoms with Gasteiger partial charge in [-0.3, -0.25) is 0 Å². The van der Waals surface area contributed by atoms with Crippen molar-refractivity contribution >= 4 is 0 Å². The average Bonchev–Trinajstić information content (AvgIpc) is 2.49. The summed E-state index contributed by atoms with van der Waals surface area (Å²) in [7, 11) is 0. The minimum atomic E-state index is -4.36. The summed E-state index contributed by atoms with van der Waals surface area (Å²) in [4.78, 5) is 0. The Bertz CT molecular complexity index is 708. The first-order valence-corrected chi connectivity index (χ1v) is 7.54. The molecule has 23 heavy (non-hydrogen) atoms. The molecule has 3 rings (SSSR count). The van der Waals surface area contributed by atoms with Crippen LogP contribution in [0, 0.1) is 5.82 Å². The van der Waals surface area contributed by atoms with E-state index < -0.39 is 11.7 Å². The van der Waals surface area contributed by atoms with Gasteiger partial charge in [-0.2, -0.15) is 13.2 Å². The molecule has 2 atom stereocenters. The smallest absolute Gasteiger partial charge is 0.327 e. The Balaban J connectivity index is 1.91. The molecule has 122 valence electrons. The molecule has 1 aliphatic rings. The minimum absolute atomic E-state index is 0.0946. The summed E-state index contributed by atoms with van der Waals surface area (Å²) in [5.74, 6) is -0.389. The van der Waals surface area contributed by atoms with E-state index in [9.17, 15) is 17.6 Å². The third-order valence-electron chi connectivity index (χ3n) is 4.48. The first-order valence-electron chi connectivity index (χ1n) is 7.54. The van der Waals surface area contributed by atoms with Crippen LogP contribution in [-0.2, 0) is 19.0 Å². The van der Waals surface area contributed by atoms with Crippen molar-refractivity contribution in [1.82, 2.24) is 0 Å². The minimum Gasteiger partial charge on any atom is -0.327 e. The van der Waals surface area contributed by atoms with Crippen LogP contribution in [0.1, 0.15) is 34.6 Å². The van der Waals surface area contributed by atoms with Gasteiger partial charge in [0.25, 0.3) is 0 Å². The number of alkyl halides is 3. The van der Waals surface area contributed by atoms with Gasteiger partial charge in [0.2, 0.25) is 0 Å². The standard InChI is InChI=1S/C18H17F4N/c19-14-5-6-15-12(10-14)4-7-17(23)16(15)9-11-2-1-3-13(8-11)18(20,21)22/h1-3,5-6,8,10,16-17H,4,7,9,23H2. The van der Waals surface area contributed by atoms with E-state index in [0.29, 0.717) is 24.8 Å². The Hall–Kier alpha value is -1.88. The highest BCUT2D eigenvalue weighted by Crippen LogP contribution is 2.35. The first-order chi connectivity index (χ1) is 10.8. The highest BCUT2D eigenvalue weighted by Gasteiger charge is 2.31. The number of halogens is 4. The number of rotatable bonds is 2. The van der Waals surface area contributed by atoms with E-state index in [0.717, 1.165) is 17.2 Å². The summed E-state index contributed by atoms with van der Waals surface area (Å²) in [5, 5.41) is 0. The predicted octanol–water partition coefficient (Wildman–Crippen LogP) is 4.44. The molecular weight excluding hydrogens is 306 g/mol. The second-order valence-electron chi connectivity index (χ2n) is 6.05. The van der Waals surface area contributed by atoms with Crippen LogP contribution in [0.15, 0.2) is 42.5 Å². The van der Waals surface area contributed by atoms with Gasteiger partial charge in [0.05, 0.1) is 5.56 Å². The lowest BCUT2D eigenvalue weighted by Gasteiger charge is -2.31. The normalized spacial score (nSPS) is 21.1. The summed E-state index contributed by atoms with van der Waals surface area (Å²) < 4.78 is 51.9. The van der Waals surface area contributed by atoms with Crippen LogP contribution in [0.3, 0.4) is 0 Å². The maximum absolute atomic E-state index is 13.4. The molecule has 5 heteroatoms. The van der Waals surface area contributed by atoms with Crippen LogP contribution in [-0.4, -0.2) is 6.04 Å². The largest absolute Gasteiger partial charge is 0.416 e. The Labute approximate surface area is 132 Å². The molecule has 2 unspecified atom stereocenters. The lowest BCUT2D eigenvalue weighted by molar-refractivity contribution is -0.137. The number of benzene rings is 2. The van der Waals surface area contributed by atoms with Gasteiger partial charge in [-0.15, -0.1) is 0 Å². The topological polar surface area (TPSA) is 26.0 Å². The van der Waals surface area contributed by atoms with Gasteiger partial charge in [0.1, 0.15) is 5.82 Å². The van der Waals surface area contributed by atoms with Crippen molar-refractivity contribution in [3.05, 3.63) is 70.5 Å². The molecule has 0 bridgehead atoms. The van der Waals surface area contributed by atoms with Crippen molar-refractivity contribution in [2.24, 2.45) is 5.73 Å². The molecule has 0 fully saturated rings. The molecule has 2 aromatic rings. The Morgan fingerprint density at radius 1 is 1.09 bits per heavy atom. The predicted molar refractivity (Wildman–Crippen MR) is 80.6 cm³/mol. The summed E-state index contributed by atoms with van der Waals surface area (Å²) in [6, 6.07) is 9.79. The van der Waals surface area contributed by atoms with Gasteiger partial charge in [-0.25, -0.2) is 4.39 Å². The Morgan fingerprint density at radius 2 is 1.87 bits per heavy atom. The number of nitrogens with two attached hydrogens (primary N) is 1. The monoisotopic (exact) mass is 323 g/mol. The molecule has 0 saturated heterocycles. The fourth-order valence-corrected chi connectivity index (χ4v) is 3.30. The van der Waals surface area contributed by atoms with E-state index in [-0.39, 0.29) is 17.8 Å². The van der Waals surface area contributed by atoms with E-state index in [1.165, 1.54) is 24.3 Å². The molecule has 0 heterocycles. The molecule has 0 radical (unpaired) electrons. The van der Waals surface area contributed by atoms with E-state index >= 15 is 0 Å². The SMILES string of the molecule is NC1CCc2cc(F)ccc2C1Cc1cccc(C(F)(F)F)c1. The lowest BCUT2D eigenvalue weighted by Crippen LogP contribution is -2.34. The van der Waals surface area contributed by atoms with Gasteiger partial charge < -0.3 is 5.73 Å². The van der Waals surface area contributed by atoms with Crippen molar-refractivity contribution in [3.63, 3.8) is 0 Å². The second kappa shape index (κ2) is 5.96. The van der Waals surface area contributed by atoms with Gasteiger partial charge in [-0.1, -0.05) is 24.3 Å². The molecule has 2 N–H and O–H groups in total. The van der Waals surface area contributed by atoms with Gasteiger partial charge in [-0.05, 0) is 54.2 Å². The third kappa shape index (κ3) is 3.39. The highest BCUT2D eigenvalue weighted by atomic mass is 19.4. The molecule has 2 aromatic carbocycles. The Kier molecular flexibility index (Phi) is 4.15. The maximum atomic E-state index is 13.4. The van der Waals surface area contributed by atoms with Crippen molar-refractivity contribution in [3.8, 4) is 0 Å². The second-order valence-corrected chi connectivity index (χ2v) is 6.05. The maximum Gasteiger partial charge on any atom is 0.416 e. The molecule has 1 nitrogen and oxygen atoms in total. The number of aryl methyl sites for hydroxylation is 1. The van der Waals surface area contributed by atoms with Crippen molar-refractivity contribution in [2.45, 2.75) is 37.4 Å². The average molecular weight is 323 g/mol. The quantitative estimate of drug-likeness (QED) is 0.812. The summed E-state index contributed by atoms with van der Waals surface area (Å²) in [5.41, 5.74) is 7.98. The van der Waals surface area contributed by atoms with Gasteiger partial charge in [0.15, 0.2) is 0 Å². The molecule has 0 amide bonds. The van der Waals surface area contributed by atoms with Crippen molar-refractivity contribution in [2.75, 3.05) is 0 Å². The van der Waals surface area contributed by atoms with Crippen molar-refractivity contribution in [1.29, 1.82) is 0 Å². The molecule has 0 aromatic heterocycles. The molecule has 0 spiro atoms. The summed E-state index contributed by atoms with van der Waals surface area (Å²) in [6.45, 7) is 0. The Morgan fingerprint density at radius 3 is 2.61 bits per heavy atom. The van der Waals surface area contributed by atoms with Crippen LogP contribution in [0.25, 0.3) is 0 Å². The lowest BCUT2D eigenvalue weighted by atomic mass is 9.76. The van der Waals surface area contributed by atoms with Crippen LogP contribution < -0.4 is 5.73 Å². The number of hydrogen-bond acceptors (Lipinski definition) is 1. The van der Waals surface area contributed by atoms with Crippen molar-refractivity contribution < 1.29 is 17.6 Å². The van der Waals surface area contributed by atoms with Gasteiger partial charge in [0, 0.05) is 12.0 Å². The fourth-order valence-electron chi connectivity index (χ4n) is 3.30. The zero-order valence-corrected chi connectivity index (χ0v) is 12.4. The van der Waals surface area contributed by atoms with E-state index in [1.54, 1.807) is 12.1 Å². The zero-order valence-electron chi connectivity index (χ0n) is 12.4. The van der Waals surface area contributed by atoms with Crippen LogP contribution in [0.5, 0.6) is 0 Å². The fraction of sp³-hybridized carbons (Fsp3) is 0.333. The van der Waals surface area contributed by atoms with E-state index in [1.807, 2.05) is 0 Å². The molecule has 0 aliphatic heterocycles. The first kappa shape index (κ1) is 16.0. The molecule has 0 saturated carbocycles. The van der Waals surface area contributed by atoms with Gasteiger partial charge >= 0.3 is 6.18 Å². The van der Waals surface area contributed by atoms with E-state index in [2.05, 4.69) is 0 Å².